The SMILES string of the molecule is COC(C)(C)C.Cc1ccc(S(=O)(=O)NC2CCCCc3c(OCC=O)cccc32)cc1. The number of carbonyl (C=O) groups excluding carboxylic acids is 1. The van der Waals surface area contributed by atoms with Crippen molar-refractivity contribution in [2.24, 2.45) is 0 Å². The lowest BCUT2D eigenvalue weighted by Gasteiger charge is -2.21. The Balaban J connectivity index is 0.000000534. The van der Waals surface area contributed by atoms with Gasteiger partial charge in [-0.2, -0.15) is 0 Å². The summed E-state index contributed by atoms with van der Waals surface area (Å²) in [6.45, 7) is 7.98. The Morgan fingerprint density at radius 1 is 1.09 bits per heavy atom. The Bertz CT molecular complexity index is 978. The number of benzene rings is 2. The number of methoxy groups -OCH3 is 1. The van der Waals surface area contributed by atoms with Gasteiger partial charge < -0.3 is 9.47 Å². The van der Waals surface area contributed by atoms with Gasteiger partial charge in [0.2, 0.25) is 10.0 Å². The Morgan fingerprint density at radius 3 is 2.34 bits per heavy atom. The molecule has 0 saturated carbocycles. The highest BCUT2D eigenvalue weighted by Crippen LogP contribution is 2.35. The lowest BCUT2D eigenvalue weighted by molar-refractivity contribution is -0.109. The van der Waals surface area contributed by atoms with E-state index < -0.39 is 10.0 Å². The van der Waals surface area contributed by atoms with Crippen LogP contribution < -0.4 is 9.46 Å². The quantitative estimate of drug-likeness (QED) is 0.496. The summed E-state index contributed by atoms with van der Waals surface area (Å²) >= 11 is 0. The third-order valence-corrected chi connectivity index (χ3v) is 6.75. The average Bonchev–Trinajstić information content (AvgIpc) is 2.95. The van der Waals surface area contributed by atoms with Crippen LogP contribution in [0.2, 0.25) is 0 Å². The van der Waals surface area contributed by atoms with Crippen LogP contribution in [0.4, 0.5) is 0 Å². The predicted molar refractivity (Wildman–Crippen MR) is 127 cm³/mol. The van der Waals surface area contributed by atoms with Crippen LogP contribution >= 0.6 is 0 Å². The molecule has 3 rings (SSSR count). The minimum Gasteiger partial charge on any atom is -0.486 e. The second kappa shape index (κ2) is 11.6. The molecule has 7 heteroatoms. The first-order chi connectivity index (χ1) is 15.1. The zero-order valence-electron chi connectivity index (χ0n) is 19.7. The van der Waals surface area contributed by atoms with Crippen molar-refractivity contribution in [1.29, 1.82) is 0 Å². The van der Waals surface area contributed by atoms with Crippen LogP contribution in [-0.2, 0) is 26.0 Å². The molecule has 0 bridgehead atoms. The van der Waals surface area contributed by atoms with Gasteiger partial charge in [0, 0.05) is 13.2 Å². The van der Waals surface area contributed by atoms with Crippen molar-refractivity contribution in [3.8, 4) is 5.75 Å². The fourth-order valence-corrected chi connectivity index (χ4v) is 4.59. The zero-order chi connectivity index (χ0) is 23.8. The average molecular weight is 462 g/mol. The van der Waals surface area contributed by atoms with Crippen LogP contribution in [0.5, 0.6) is 5.75 Å². The molecule has 0 amide bonds. The van der Waals surface area contributed by atoms with E-state index in [2.05, 4.69) is 4.72 Å². The highest BCUT2D eigenvalue weighted by Gasteiger charge is 2.26. The van der Waals surface area contributed by atoms with Crippen molar-refractivity contribution in [2.45, 2.75) is 69.9 Å². The molecule has 0 fully saturated rings. The molecule has 1 aliphatic carbocycles. The lowest BCUT2D eigenvalue weighted by Crippen LogP contribution is -2.29. The topological polar surface area (TPSA) is 81.7 Å². The number of carbonyl (C=O) groups is 1. The van der Waals surface area contributed by atoms with E-state index in [9.17, 15) is 13.2 Å². The number of aldehydes is 1. The van der Waals surface area contributed by atoms with Crippen molar-refractivity contribution in [3.63, 3.8) is 0 Å². The van der Waals surface area contributed by atoms with Crippen molar-refractivity contribution in [2.75, 3.05) is 13.7 Å². The number of ether oxygens (including phenoxy) is 2. The number of nitrogens with one attached hydrogen (secondary N) is 1. The number of fused-ring (bicyclic) bond motifs is 1. The molecule has 32 heavy (non-hydrogen) atoms. The fourth-order valence-electron chi connectivity index (χ4n) is 3.34. The summed E-state index contributed by atoms with van der Waals surface area (Å²) in [6.07, 6.45) is 4.14. The Morgan fingerprint density at radius 2 is 1.75 bits per heavy atom. The summed E-state index contributed by atoms with van der Waals surface area (Å²) in [7, 11) is -1.90. The molecule has 6 nitrogen and oxygen atoms in total. The van der Waals surface area contributed by atoms with E-state index in [1.807, 2.05) is 45.9 Å². The summed E-state index contributed by atoms with van der Waals surface area (Å²) in [5.41, 5.74) is 2.98. The minimum atomic E-state index is -3.61. The van der Waals surface area contributed by atoms with Gasteiger partial charge in [0.1, 0.15) is 12.4 Å². The number of hydrogen-bond donors (Lipinski definition) is 1. The lowest BCUT2D eigenvalue weighted by atomic mass is 9.99. The largest absolute Gasteiger partial charge is 0.486 e. The van der Waals surface area contributed by atoms with E-state index in [1.54, 1.807) is 31.4 Å². The van der Waals surface area contributed by atoms with Crippen LogP contribution in [0.3, 0.4) is 0 Å². The molecular formula is C25H35NO5S. The smallest absolute Gasteiger partial charge is 0.241 e. The van der Waals surface area contributed by atoms with Crippen LogP contribution in [0.15, 0.2) is 47.4 Å². The molecule has 1 atom stereocenters. The number of hydrogen-bond acceptors (Lipinski definition) is 5. The third-order valence-electron chi connectivity index (χ3n) is 5.26. The Hall–Kier alpha value is -2.22. The first-order valence-corrected chi connectivity index (χ1v) is 12.4. The third kappa shape index (κ3) is 7.73. The molecule has 0 saturated heterocycles. The molecule has 2 aromatic carbocycles. The Kier molecular flexibility index (Phi) is 9.43. The normalized spacial score (nSPS) is 16.2. The molecule has 1 unspecified atom stereocenters. The molecule has 1 aliphatic rings. The van der Waals surface area contributed by atoms with Crippen LogP contribution in [-0.4, -0.2) is 34.0 Å². The molecule has 0 heterocycles. The van der Waals surface area contributed by atoms with E-state index in [0.29, 0.717) is 12.0 Å². The van der Waals surface area contributed by atoms with Gasteiger partial charge >= 0.3 is 0 Å². The standard InChI is InChI=1S/C20H23NO4S.C5H12O/c1-15-9-11-16(12-10-15)26(23,24)21-19-7-3-2-5-18-17(19)6-4-8-20(18)25-14-13-22;1-5(2,3)6-4/h4,6,8-13,19,21H,2-3,5,7,14H2,1H3;1-4H3. The van der Waals surface area contributed by atoms with Gasteiger partial charge in [0.05, 0.1) is 10.5 Å². The molecule has 1 N–H and O–H groups in total. The Labute approximate surface area is 192 Å². The van der Waals surface area contributed by atoms with Gasteiger partial charge in [-0.3, -0.25) is 4.79 Å². The van der Waals surface area contributed by atoms with E-state index in [4.69, 9.17) is 9.47 Å². The van der Waals surface area contributed by atoms with Crippen molar-refractivity contribution < 1.29 is 22.7 Å². The summed E-state index contributed by atoms with van der Waals surface area (Å²) in [4.78, 5) is 10.9. The van der Waals surface area contributed by atoms with Gasteiger partial charge in [-0.15, -0.1) is 0 Å². The molecule has 176 valence electrons. The number of rotatable bonds is 6. The predicted octanol–water partition coefficient (Wildman–Crippen LogP) is 4.75. The fraction of sp³-hybridized carbons (Fsp3) is 0.480. The first-order valence-electron chi connectivity index (χ1n) is 10.9. The van der Waals surface area contributed by atoms with Crippen LogP contribution in [0, 0.1) is 6.92 Å². The highest BCUT2D eigenvalue weighted by molar-refractivity contribution is 7.89. The van der Waals surface area contributed by atoms with Gasteiger partial charge in [0.25, 0.3) is 0 Å². The molecule has 0 aliphatic heterocycles. The van der Waals surface area contributed by atoms with Crippen molar-refractivity contribution in [3.05, 3.63) is 59.2 Å². The van der Waals surface area contributed by atoms with Crippen LogP contribution in [0.25, 0.3) is 0 Å². The summed E-state index contributed by atoms with van der Waals surface area (Å²) in [5.74, 6) is 0.663. The van der Waals surface area contributed by atoms with Crippen molar-refractivity contribution in [1.82, 2.24) is 4.72 Å². The number of sulfonamides is 1. The van der Waals surface area contributed by atoms with Gasteiger partial charge in [0.15, 0.2) is 6.29 Å². The maximum atomic E-state index is 12.8. The summed E-state index contributed by atoms with van der Waals surface area (Å²) in [5, 5.41) is 0. The number of aryl methyl sites for hydroxylation is 1. The van der Waals surface area contributed by atoms with Crippen molar-refractivity contribution >= 4 is 16.3 Å². The second-order valence-electron chi connectivity index (χ2n) is 8.85. The molecule has 0 radical (unpaired) electrons. The molecule has 2 aromatic rings. The van der Waals surface area contributed by atoms with E-state index in [0.717, 1.165) is 42.4 Å². The zero-order valence-corrected chi connectivity index (χ0v) is 20.5. The summed E-state index contributed by atoms with van der Waals surface area (Å²) < 4.78 is 38.9. The molecular weight excluding hydrogens is 426 g/mol. The maximum absolute atomic E-state index is 12.8. The molecule has 0 spiro atoms. The highest BCUT2D eigenvalue weighted by atomic mass is 32.2. The van der Waals surface area contributed by atoms with E-state index in [1.165, 1.54) is 0 Å². The molecule has 0 aromatic heterocycles. The van der Waals surface area contributed by atoms with E-state index >= 15 is 0 Å². The monoisotopic (exact) mass is 461 g/mol. The van der Waals surface area contributed by atoms with Gasteiger partial charge in [-0.05, 0) is 76.3 Å². The minimum absolute atomic E-state index is 0.00376. The van der Waals surface area contributed by atoms with Gasteiger partial charge in [-0.25, -0.2) is 13.1 Å². The maximum Gasteiger partial charge on any atom is 0.241 e. The first kappa shape index (κ1) is 26.0. The summed E-state index contributed by atoms with van der Waals surface area (Å²) in [6, 6.07) is 12.1. The second-order valence-corrected chi connectivity index (χ2v) is 10.6. The van der Waals surface area contributed by atoms with Crippen LogP contribution in [0.1, 0.15) is 62.8 Å². The van der Waals surface area contributed by atoms with E-state index in [-0.39, 0.29) is 23.1 Å². The van der Waals surface area contributed by atoms with Gasteiger partial charge in [-0.1, -0.05) is 36.2 Å².